The third-order valence-corrected chi connectivity index (χ3v) is 6.69. The molecule has 1 fully saturated rings. The van der Waals surface area contributed by atoms with Gasteiger partial charge in [0.25, 0.3) is 0 Å². The second-order valence-electron chi connectivity index (χ2n) is 8.46. The van der Waals surface area contributed by atoms with E-state index < -0.39 is 11.8 Å². The zero-order valence-electron chi connectivity index (χ0n) is 16.8. The smallest absolute Gasteiger partial charge is 0.336 e. The largest absolute Gasteiger partial charge is 0.481 e. The summed E-state index contributed by atoms with van der Waals surface area (Å²) < 4.78 is 14.5. The van der Waals surface area contributed by atoms with Gasteiger partial charge in [0.05, 0.1) is 12.0 Å². The minimum atomic E-state index is -0.935. The van der Waals surface area contributed by atoms with Crippen LogP contribution in [0, 0.1) is 11.8 Å². The van der Waals surface area contributed by atoms with Gasteiger partial charge in [-0.2, -0.15) is 0 Å². The summed E-state index contributed by atoms with van der Waals surface area (Å²) in [5, 5.41) is 9.17. The lowest BCUT2D eigenvalue weighted by Gasteiger charge is -2.29. The molecule has 4 rings (SSSR count). The normalized spacial score (nSPS) is 32.5. The predicted octanol–water partition coefficient (Wildman–Crippen LogP) is 3.64. The highest BCUT2D eigenvalue weighted by Gasteiger charge is 2.59. The third-order valence-electron chi connectivity index (χ3n) is 6.69. The Morgan fingerprint density at radius 3 is 2.86 bits per heavy atom. The van der Waals surface area contributed by atoms with Crippen LogP contribution in [0.25, 0.3) is 0 Å². The average Bonchev–Trinajstić information content (AvgIpc) is 3.22. The lowest BCUT2D eigenvalue weighted by atomic mass is 9.80. The van der Waals surface area contributed by atoms with E-state index in [1.165, 1.54) is 11.4 Å². The molecule has 1 spiro atoms. The summed E-state index contributed by atoms with van der Waals surface area (Å²) in [5.41, 5.74) is 3.04. The van der Waals surface area contributed by atoms with Crippen molar-refractivity contribution >= 4 is 11.9 Å². The maximum atomic E-state index is 12.1. The van der Waals surface area contributed by atoms with E-state index in [2.05, 4.69) is 23.6 Å². The van der Waals surface area contributed by atoms with Gasteiger partial charge < -0.3 is 19.1 Å². The fourth-order valence-electron chi connectivity index (χ4n) is 5.18. The Kier molecular flexibility index (Phi) is 4.86. The van der Waals surface area contributed by atoms with Crippen LogP contribution in [0.15, 0.2) is 23.8 Å². The van der Waals surface area contributed by atoms with Gasteiger partial charge in [-0.15, -0.1) is 0 Å². The number of ether oxygens (including phenoxy) is 2. The van der Waals surface area contributed by atoms with Crippen molar-refractivity contribution in [1.29, 1.82) is 0 Å². The molecule has 6 nitrogen and oxygen atoms in total. The summed E-state index contributed by atoms with van der Waals surface area (Å²) >= 11 is 0. The first-order valence-electron chi connectivity index (χ1n) is 10.4. The van der Waals surface area contributed by atoms with Crippen molar-refractivity contribution in [2.45, 2.75) is 77.2 Å². The van der Waals surface area contributed by atoms with E-state index in [1.807, 2.05) is 6.08 Å². The Morgan fingerprint density at radius 2 is 2.21 bits per heavy atom. The molecule has 1 saturated heterocycles. The van der Waals surface area contributed by atoms with Crippen LogP contribution in [0.4, 0.5) is 0 Å². The van der Waals surface area contributed by atoms with E-state index in [0.717, 1.165) is 32.2 Å². The van der Waals surface area contributed by atoms with Crippen LogP contribution >= 0.6 is 0 Å². The molecule has 0 aliphatic carbocycles. The molecular formula is C22H29NO5. The van der Waals surface area contributed by atoms with Crippen LogP contribution < -0.4 is 0 Å². The zero-order valence-corrected chi connectivity index (χ0v) is 16.8. The molecule has 3 aliphatic rings. The van der Waals surface area contributed by atoms with Crippen LogP contribution in [0.5, 0.6) is 0 Å². The molecule has 28 heavy (non-hydrogen) atoms. The van der Waals surface area contributed by atoms with Crippen LogP contribution in [-0.4, -0.2) is 33.5 Å². The number of carbonyl (C=O) groups is 2. The Balaban J connectivity index is 1.65. The molecule has 5 atom stereocenters. The fraction of sp³-hybridized carbons (Fsp3) is 0.636. The number of aryl methyl sites for hydroxylation is 1. The molecule has 1 aromatic heterocycles. The van der Waals surface area contributed by atoms with Crippen molar-refractivity contribution < 1.29 is 24.2 Å². The summed E-state index contributed by atoms with van der Waals surface area (Å²) in [4.78, 5) is 23.3. The quantitative estimate of drug-likeness (QED) is 0.781. The molecule has 152 valence electrons. The number of fused-ring (bicyclic) bond motifs is 3. The second kappa shape index (κ2) is 7.07. The van der Waals surface area contributed by atoms with E-state index in [0.29, 0.717) is 12.0 Å². The monoisotopic (exact) mass is 387 g/mol. The average molecular weight is 387 g/mol. The number of hydrogen-bond acceptors (Lipinski definition) is 4. The summed E-state index contributed by atoms with van der Waals surface area (Å²) in [6, 6.07) is 4.30. The molecule has 4 heterocycles. The zero-order chi connectivity index (χ0) is 20.1. The highest BCUT2D eigenvalue weighted by molar-refractivity contribution is 5.90. The lowest BCUT2D eigenvalue weighted by Crippen LogP contribution is -2.36. The second-order valence-corrected chi connectivity index (χ2v) is 8.46. The van der Waals surface area contributed by atoms with E-state index >= 15 is 0 Å². The van der Waals surface area contributed by atoms with Crippen molar-refractivity contribution in [2.24, 2.45) is 11.8 Å². The Labute approximate surface area is 165 Å². The number of esters is 1. The SMILES string of the molecule is CCC1C2c3ccc(CCC(C)C(=O)O)n3CCCC2OC12C=C(C)C(=O)O2. The minimum absolute atomic E-state index is 0.0295. The number of nitrogens with zero attached hydrogens (tertiary/aromatic N) is 1. The molecule has 0 saturated carbocycles. The predicted molar refractivity (Wildman–Crippen MR) is 103 cm³/mol. The topological polar surface area (TPSA) is 77.8 Å². The fourth-order valence-corrected chi connectivity index (χ4v) is 5.18. The van der Waals surface area contributed by atoms with Gasteiger partial charge in [-0.3, -0.25) is 4.79 Å². The molecule has 0 aromatic carbocycles. The molecule has 0 radical (unpaired) electrons. The number of aliphatic carboxylic acids is 1. The maximum absolute atomic E-state index is 12.1. The first-order chi connectivity index (χ1) is 13.4. The Morgan fingerprint density at radius 1 is 1.43 bits per heavy atom. The van der Waals surface area contributed by atoms with Crippen molar-refractivity contribution in [1.82, 2.24) is 4.57 Å². The molecule has 6 heteroatoms. The highest BCUT2D eigenvalue weighted by Crippen LogP contribution is 2.54. The van der Waals surface area contributed by atoms with Crippen LogP contribution in [0.3, 0.4) is 0 Å². The van der Waals surface area contributed by atoms with Crippen LogP contribution in [-0.2, 0) is 32.0 Å². The van der Waals surface area contributed by atoms with Crippen LogP contribution in [0.2, 0.25) is 0 Å². The number of carboxylic acids is 1. The Bertz CT molecular complexity index is 825. The lowest BCUT2D eigenvalue weighted by molar-refractivity contribution is -0.204. The number of carboxylic acid groups (broad SMARTS) is 1. The van der Waals surface area contributed by atoms with Gasteiger partial charge in [0.2, 0.25) is 5.79 Å². The van der Waals surface area contributed by atoms with Gasteiger partial charge in [0, 0.05) is 35.3 Å². The van der Waals surface area contributed by atoms with Gasteiger partial charge in [-0.05, 0) is 57.2 Å². The molecule has 3 aliphatic heterocycles. The third kappa shape index (κ3) is 2.98. The van der Waals surface area contributed by atoms with E-state index in [4.69, 9.17) is 9.47 Å². The molecular weight excluding hydrogens is 358 g/mol. The standard InChI is InChI=1S/C22H29NO5/c1-4-16-19-17-10-9-15(8-7-13(2)20(24)25)23(17)11-5-6-18(19)27-22(16)12-14(3)21(26)28-22/h9-10,12-13,16,18-19H,4-8,11H2,1-3H3,(H,24,25). The minimum Gasteiger partial charge on any atom is -0.481 e. The van der Waals surface area contributed by atoms with Gasteiger partial charge in [0.1, 0.15) is 0 Å². The van der Waals surface area contributed by atoms with Gasteiger partial charge in [-0.25, -0.2) is 4.79 Å². The summed E-state index contributed by atoms with van der Waals surface area (Å²) in [6.07, 6.45) is 6.07. The van der Waals surface area contributed by atoms with E-state index in [9.17, 15) is 14.7 Å². The summed E-state index contributed by atoms with van der Waals surface area (Å²) in [6.45, 7) is 6.59. The van der Waals surface area contributed by atoms with Crippen molar-refractivity contribution in [3.8, 4) is 0 Å². The van der Waals surface area contributed by atoms with E-state index in [-0.39, 0.29) is 29.8 Å². The number of rotatable bonds is 5. The highest BCUT2D eigenvalue weighted by atomic mass is 16.7. The first-order valence-corrected chi connectivity index (χ1v) is 10.4. The molecule has 0 bridgehead atoms. The van der Waals surface area contributed by atoms with Crippen LogP contribution in [0.1, 0.15) is 63.8 Å². The number of hydrogen-bond donors (Lipinski definition) is 1. The Hall–Kier alpha value is -2.08. The van der Waals surface area contributed by atoms with Crippen molar-refractivity contribution in [2.75, 3.05) is 0 Å². The number of carbonyl (C=O) groups excluding carboxylic acids is 1. The van der Waals surface area contributed by atoms with E-state index in [1.54, 1.807) is 13.8 Å². The summed E-state index contributed by atoms with van der Waals surface area (Å²) in [7, 11) is 0. The molecule has 1 N–H and O–H groups in total. The maximum Gasteiger partial charge on any atom is 0.336 e. The first kappa shape index (κ1) is 19.2. The van der Waals surface area contributed by atoms with Crippen molar-refractivity contribution in [3.63, 3.8) is 0 Å². The molecule has 0 amide bonds. The molecule has 5 unspecified atom stereocenters. The summed E-state index contributed by atoms with van der Waals surface area (Å²) in [5.74, 6) is -2.06. The molecule has 1 aromatic rings. The van der Waals surface area contributed by atoms with Gasteiger partial charge >= 0.3 is 11.9 Å². The van der Waals surface area contributed by atoms with Gasteiger partial charge in [0.15, 0.2) is 0 Å². The van der Waals surface area contributed by atoms with Gasteiger partial charge in [-0.1, -0.05) is 13.8 Å². The number of aromatic nitrogens is 1. The van der Waals surface area contributed by atoms with Crippen molar-refractivity contribution in [3.05, 3.63) is 35.2 Å².